The first-order valence-corrected chi connectivity index (χ1v) is 6.03. The first kappa shape index (κ1) is 14.8. The number of amides is 2. The largest absolute Gasteiger partial charge is 0.399 e. The zero-order valence-corrected chi connectivity index (χ0v) is 11.1. The van der Waals surface area contributed by atoms with Crippen molar-refractivity contribution in [2.75, 3.05) is 5.73 Å². The van der Waals surface area contributed by atoms with Crippen LogP contribution in [-0.4, -0.2) is 17.9 Å². The van der Waals surface area contributed by atoms with E-state index in [1.807, 2.05) is 13.8 Å². The van der Waals surface area contributed by atoms with Crippen LogP contribution in [0.25, 0.3) is 6.08 Å². The molecule has 19 heavy (non-hydrogen) atoms. The maximum Gasteiger partial charge on any atom is 0.244 e. The predicted octanol–water partition coefficient (Wildman–Crippen LogP) is 0.908. The topological polar surface area (TPSA) is 98.2 Å². The minimum atomic E-state index is -0.663. The molecule has 102 valence electrons. The number of primary amides is 1. The van der Waals surface area contributed by atoms with Crippen LogP contribution >= 0.6 is 0 Å². The Balaban J connectivity index is 2.64. The molecule has 0 saturated heterocycles. The number of benzene rings is 1. The predicted molar refractivity (Wildman–Crippen MR) is 75.9 cm³/mol. The molecule has 0 aliphatic heterocycles. The molecule has 0 heterocycles. The van der Waals surface area contributed by atoms with Crippen molar-refractivity contribution >= 4 is 23.6 Å². The van der Waals surface area contributed by atoms with Crippen LogP contribution in [0, 0.1) is 5.92 Å². The van der Waals surface area contributed by atoms with Gasteiger partial charge in [-0.2, -0.15) is 0 Å². The van der Waals surface area contributed by atoms with Crippen molar-refractivity contribution in [3.63, 3.8) is 0 Å². The van der Waals surface area contributed by atoms with Crippen LogP contribution in [0.1, 0.15) is 19.4 Å². The monoisotopic (exact) mass is 261 g/mol. The quantitative estimate of drug-likeness (QED) is 0.542. The lowest BCUT2D eigenvalue weighted by Gasteiger charge is -2.17. The van der Waals surface area contributed by atoms with E-state index in [0.717, 1.165) is 5.56 Å². The first-order valence-electron chi connectivity index (χ1n) is 6.03. The average molecular weight is 261 g/mol. The van der Waals surface area contributed by atoms with Crippen molar-refractivity contribution in [1.82, 2.24) is 5.32 Å². The minimum Gasteiger partial charge on any atom is -0.399 e. The van der Waals surface area contributed by atoms with Crippen molar-refractivity contribution in [2.45, 2.75) is 19.9 Å². The molecule has 0 fully saturated rings. The van der Waals surface area contributed by atoms with Crippen molar-refractivity contribution in [1.29, 1.82) is 0 Å². The summed E-state index contributed by atoms with van der Waals surface area (Å²) in [5.74, 6) is -0.940. The zero-order valence-electron chi connectivity index (χ0n) is 11.1. The molecule has 0 bridgehead atoms. The fourth-order valence-corrected chi connectivity index (χ4v) is 1.55. The molecular weight excluding hydrogens is 242 g/mol. The molecule has 1 rings (SSSR count). The standard InChI is InChI=1S/C14H19N3O2/c1-9(2)13(14(16)19)17-12(18)8-5-10-3-6-11(15)7-4-10/h3-9,13H,15H2,1-2H3,(H2,16,19)(H,17,18)/b8-5+. The Morgan fingerprint density at radius 1 is 1.21 bits per heavy atom. The van der Waals surface area contributed by atoms with E-state index < -0.39 is 11.9 Å². The molecule has 0 radical (unpaired) electrons. The zero-order chi connectivity index (χ0) is 14.4. The molecule has 1 atom stereocenters. The molecule has 0 aromatic heterocycles. The molecule has 1 aromatic carbocycles. The highest BCUT2D eigenvalue weighted by molar-refractivity contribution is 5.95. The average Bonchev–Trinajstić information content (AvgIpc) is 2.34. The summed E-state index contributed by atoms with van der Waals surface area (Å²) < 4.78 is 0. The van der Waals surface area contributed by atoms with Gasteiger partial charge in [0.2, 0.25) is 11.8 Å². The summed E-state index contributed by atoms with van der Waals surface area (Å²) in [5, 5.41) is 2.57. The van der Waals surface area contributed by atoms with E-state index in [9.17, 15) is 9.59 Å². The van der Waals surface area contributed by atoms with Gasteiger partial charge in [0.15, 0.2) is 0 Å². The number of carbonyl (C=O) groups excluding carboxylic acids is 2. The van der Waals surface area contributed by atoms with Crippen molar-refractivity contribution in [2.24, 2.45) is 11.7 Å². The van der Waals surface area contributed by atoms with Gasteiger partial charge in [0.1, 0.15) is 6.04 Å². The Kier molecular flexibility index (Phi) is 5.11. The molecule has 5 N–H and O–H groups in total. The Labute approximate surface area is 112 Å². The number of anilines is 1. The summed E-state index contributed by atoms with van der Waals surface area (Å²) >= 11 is 0. The molecule has 5 nitrogen and oxygen atoms in total. The normalized spacial score (nSPS) is 12.6. The van der Waals surface area contributed by atoms with Crippen molar-refractivity contribution < 1.29 is 9.59 Å². The van der Waals surface area contributed by atoms with Gasteiger partial charge in [0.05, 0.1) is 0 Å². The third kappa shape index (κ3) is 4.83. The molecule has 1 aromatic rings. The molecular formula is C14H19N3O2. The van der Waals surface area contributed by atoms with Crippen LogP contribution in [0.2, 0.25) is 0 Å². The van der Waals surface area contributed by atoms with Gasteiger partial charge in [-0.15, -0.1) is 0 Å². The lowest BCUT2D eigenvalue weighted by atomic mass is 10.0. The van der Waals surface area contributed by atoms with Crippen LogP contribution in [0.5, 0.6) is 0 Å². The number of hydrogen-bond donors (Lipinski definition) is 3. The number of nitrogen functional groups attached to an aromatic ring is 1. The van der Waals surface area contributed by atoms with E-state index >= 15 is 0 Å². The Morgan fingerprint density at radius 2 is 1.79 bits per heavy atom. The van der Waals surface area contributed by atoms with E-state index in [4.69, 9.17) is 11.5 Å². The highest BCUT2D eigenvalue weighted by Gasteiger charge is 2.20. The van der Waals surface area contributed by atoms with Crippen LogP contribution in [0.4, 0.5) is 5.69 Å². The third-order valence-corrected chi connectivity index (χ3v) is 2.63. The molecule has 2 amide bonds. The third-order valence-electron chi connectivity index (χ3n) is 2.63. The number of hydrogen-bond acceptors (Lipinski definition) is 3. The second-order valence-electron chi connectivity index (χ2n) is 4.63. The van der Waals surface area contributed by atoms with Crippen LogP contribution < -0.4 is 16.8 Å². The van der Waals surface area contributed by atoms with Gasteiger partial charge in [-0.25, -0.2) is 0 Å². The van der Waals surface area contributed by atoms with E-state index in [1.165, 1.54) is 6.08 Å². The summed E-state index contributed by atoms with van der Waals surface area (Å²) in [4.78, 5) is 22.8. The van der Waals surface area contributed by atoms with Crippen LogP contribution in [0.15, 0.2) is 30.3 Å². The SMILES string of the molecule is CC(C)C(NC(=O)/C=C/c1ccc(N)cc1)C(N)=O. The maximum atomic E-state index is 11.7. The summed E-state index contributed by atoms with van der Waals surface area (Å²) in [6.45, 7) is 3.64. The van der Waals surface area contributed by atoms with Crippen molar-refractivity contribution in [3.8, 4) is 0 Å². The van der Waals surface area contributed by atoms with E-state index in [2.05, 4.69) is 5.32 Å². The number of carbonyl (C=O) groups is 2. The second kappa shape index (κ2) is 6.58. The summed E-state index contributed by atoms with van der Waals surface area (Å²) in [6.07, 6.45) is 3.01. The highest BCUT2D eigenvalue weighted by atomic mass is 16.2. The van der Waals surface area contributed by atoms with E-state index in [-0.39, 0.29) is 11.8 Å². The van der Waals surface area contributed by atoms with Gasteiger partial charge < -0.3 is 16.8 Å². The fourth-order valence-electron chi connectivity index (χ4n) is 1.55. The lowest BCUT2D eigenvalue weighted by Crippen LogP contribution is -2.47. The fraction of sp³-hybridized carbons (Fsp3) is 0.286. The van der Waals surface area contributed by atoms with Crippen molar-refractivity contribution in [3.05, 3.63) is 35.9 Å². The first-order chi connectivity index (χ1) is 8.90. The second-order valence-corrected chi connectivity index (χ2v) is 4.63. The Hall–Kier alpha value is -2.30. The molecule has 0 spiro atoms. The van der Waals surface area contributed by atoms with Crippen LogP contribution in [0.3, 0.4) is 0 Å². The summed E-state index contributed by atoms with van der Waals surface area (Å²) in [7, 11) is 0. The van der Waals surface area contributed by atoms with E-state index in [0.29, 0.717) is 5.69 Å². The maximum absolute atomic E-state index is 11.7. The molecule has 0 aliphatic rings. The lowest BCUT2D eigenvalue weighted by molar-refractivity contribution is -0.126. The van der Waals surface area contributed by atoms with Gasteiger partial charge in [0, 0.05) is 11.8 Å². The molecule has 1 unspecified atom stereocenters. The summed E-state index contributed by atoms with van der Waals surface area (Å²) in [5.41, 5.74) is 12.3. The minimum absolute atomic E-state index is 0.0497. The number of nitrogens with two attached hydrogens (primary N) is 2. The van der Waals surface area contributed by atoms with Gasteiger partial charge in [0.25, 0.3) is 0 Å². The van der Waals surface area contributed by atoms with Gasteiger partial charge >= 0.3 is 0 Å². The van der Waals surface area contributed by atoms with E-state index in [1.54, 1.807) is 30.3 Å². The molecule has 0 saturated carbocycles. The Morgan fingerprint density at radius 3 is 2.26 bits per heavy atom. The van der Waals surface area contributed by atoms with Gasteiger partial charge in [-0.3, -0.25) is 9.59 Å². The van der Waals surface area contributed by atoms with Gasteiger partial charge in [-0.05, 0) is 29.7 Å². The highest BCUT2D eigenvalue weighted by Crippen LogP contribution is 2.07. The smallest absolute Gasteiger partial charge is 0.244 e. The Bertz CT molecular complexity index is 478. The number of nitrogens with one attached hydrogen (secondary N) is 1. The molecule has 5 heteroatoms. The van der Waals surface area contributed by atoms with Gasteiger partial charge in [-0.1, -0.05) is 26.0 Å². The molecule has 0 aliphatic carbocycles. The summed E-state index contributed by atoms with van der Waals surface area (Å²) in [6, 6.07) is 6.43. The van der Waals surface area contributed by atoms with Crippen LogP contribution in [-0.2, 0) is 9.59 Å². The number of rotatable bonds is 5.